The standard InChI is InChI=1S/C29H30N2O2S/c1-3-20-11-8-10-16-25(20)30-29-31(22-13-5-4-6-14-22)28(32)27(34-29)19-24-23-15-9-7-12-21(23)17-18-26(24)33-2/h7-12,15-19,22H,3-6,13-14H2,1-2H3/b27-19+,30-29?. The van der Waals surface area contributed by atoms with E-state index in [9.17, 15) is 4.79 Å². The van der Waals surface area contributed by atoms with Gasteiger partial charge in [-0.15, -0.1) is 0 Å². The third kappa shape index (κ3) is 4.37. The molecule has 0 unspecified atom stereocenters. The third-order valence-corrected chi connectivity index (χ3v) is 7.77. The Bertz CT molecular complexity index is 1270. The van der Waals surface area contributed by atoms with Crippen LogP contribution in [0.15, 0.2) is 70.6 Å². The molecule has 0 spiro atoms. The number of hydrogen-bond donors (Lipinski definition) is 0. The molecule has 1 aliphatic heterocycles. The molecule has 1 saturated heterocycles. The molecule has 5 rings (SSSR count). The number of hydrogen-bond acceptors (Lipinski definition) is 4. The van der Waals surface area contributed by atoms with Crippen LogP contribution in [0.1, 0.15) is 50.2 Å². The number of methoxy groups -OCH3 is 1. The number of carbonyl (C=O) groups excluding carboxylic acids is 1. The molecule has 0 N–H and O–H groups in total. The first-order valence-electron chi connectivity index (χ1n) is 12.1. The summed E-state index contributed by atoms with van der Waals surface area (Å²) in [5, 5.41) is 3.00. The Morgan fingerprint density at radius 1 is 1.03 bits per heavy atom. The Kier molecular flexibility index (Phi) is 6.73. The summed E-state index contributed by atoms with van der Waals surface area (Å²) in [6.45, 7) is 2.14. The second-order valence-electron chi connectivity index (χ2n) is 8.86. The van der Waals surface area contributed by atoms with Gasteiger partial charge in [0.1, 0.15) is 5.75 Å². The second-order valence-corrected chi connectivity index (χ2v) is 9.87. The van der Waals surface area contributed by atoms with Crippen molar-refractivity contribution in [2.45, 2.75) is 51.5 Å². The molecule has 1 heterocycles. The number of nitrogens with zero attached hydrogens (tertiary/aromatic N) is 2. The minimum Gasteiger partial charge on any atom is -0.496 e. The van der Waals surface area contributed by atoms with E-state index in [-0.39, 0.29) is 11.9 Å². The number of rotatable bonds is 5. The highest BCUT2D eigenvalue weighted by Crippen LogP contribution is 2.41. The van der Waals surface area contributed by atoms with Gasteiger partial charge in [0.2, 0.25) is 0 Å². The Balaban J connectivity index is 1.61. The molecule has 0 bridgehead atoms. The Labute approximate surface area is 205 Å². The van der Waals surface area contributed by atoms with Crippen molar-refractivity contribution in [1.82, 2.24) is 4.90 Å². The lowest BCUT2D eigenvalue weighted by molar-refractivity contribution is -0.124. The summed E-state index contributed by atoms with van der Waals surface area (Å²) >= 11 is 1.49. The molecule has 4 nitrogen and oxygen atoms in total. The van der Waals surface area contributed by atoms with Crippen molar-refractivity contribution in [3.63, 3.8) is 0 Å². The van der Waals surface area contributed by atoms with Crippen molar-refractivity contribution in [3.8, 4) is 5.75 Å². The number of fused-ring (bicyclic) bond motifs is 1. The minimum atomic E-state index is 0.0552. The first-order chi connectivity index (χ1) is 16.7. The van der Waals surface area contributed by atoms with E-state index < -0.39 is 0 Å². The van der Waals surface area contributed by atoms with Crippen LogP contribution in [0.5, 0.6) is 5.75 Å². The molecule has 1 amide bonds. The summed E-state index contributed by atoms with van der Waals surface area (Å²) < 4.78 is 5.69. The van der Waals surface area contributed by atoms with Crippen LogP contribution in [0.25, 0.3) is 16.8 Å². The van der Waals surface area contributed by atoms with Crippen molar-refractivity contribution in [1.29, 1.82) is 0 Å². The minimum absolute atomic E-state index is 0.0552. The van der Waals surface area contributed by atoms with Crippen molar-refractivity contribution in [2.24, 2.45) is 4.99 Å². The number of aryl methyl sites for hydroxylation is 1. The van der Waals surface area contributed by atoms with Crippen LogP contribution in [-0.4, -0.2) is 29.1 Å². The first kappa shape index (κ1) is 22.7. The van der Waals surface area contributed by atoms with Gasteiger partial charge in [-0.1, -0.05) is 74.7 Å². The van der Waals surface area contributed by atoms with Gasteiger partial charge in [-0.3, -0.25) is 9.69 Å². The maximum atomic E-state index is 13.8. The van der Waals surface area contributed by atoms with Gasteiger partial charge in [0, 0.05) is 11.6 Å². The number of benzene rings is 3. The number of amides is 1. The van der Waals surface area contributed by atoms with E-state index in [0.717, 1.165) is 65.0 Å². The van der Waals surface area contributed by atoms with Crippen LogP contribution >= 0.6 is 11.8 Å². The van der Waals surface area contributed by atoms with Crippen molar-refractivity contribution < 1.29 is 9.53 Å². The zero-order valence-corrected chi connectivity index (χ0v) is 20.6. The van der Waals surface area contributed by atoms with E-state index in [1.54, 1.807) is 7.11 Å². The van der Waals surface area contributed by atoms with E-state index in [1.165, 1.54) is 23.7 Å². The number of aliphatic imine (C=N–C) groups is 1. The summed E-state index contributed by atoms with van der Waals surface area (Å²) in [5.74, 6) is 0.824. The van der Waals surface area contributed by atoms with Gasteiger partial charge in [0.15, 0.2) is 5.17 Å². The molecule has 34 heavy (non-hydrogen) atoms. The van der Waals surface area contributed by atoms with Gasteiger partial charge in [0.05, 0.1) is 17.7 Å². The Morgan fingerprint density at radius 3 is 2.59 bits per heavy atom. The number of ether oxygens (including phenoxy) is 1. The summed E-state index contributed by atoms with van der Waals surface area (Å²) in [6.07, 6.45) is 8.54. The molecule has 3 aromatic carbocycles. The smallest absolute Gasteiger partial charge is 0.267 e. The van der Waals surface area contributed by atoms with Gasteiger partial charge in [0.25, 0.3) is 5.91 Å². The summed E-state index contributed by atoms with van der Waals surface area (Å²) in [7, 11) is 1.68. The maximum Gasteiger partial charge on any atom is 0.267 e. The highest BCUT2D eigenvalue weighted by Gasteiger charge is 2.39. The predicted octanol–water partition coefficient (Wildman–Crippen LogP) is 7.35. The molecule has 1 aliphatic carbocycles. The van der Waals surface area contributed by atoms with Crippen LogP contribution in [-0.2, 0) is 11.2 Å². The zero-order valence-electron chi connectivity index (χ0n) is 19.8. The fourth-order valence-electron chi connectivity index (χ4n) is 4.98. The second kappa shape index (κ2) is 10.1. The molecule has 5 heteroatoms. The van der Waals surface area contributed by atoms with Crippen LogP contribution in [0.3, 0.4) is 0 Å². The van der Waals surface area contributed by atoms with Gasteiger partial charge in [-0.05, 0) is 65.6 Å². The molecule has 0 radical (unpaired) electrons. The highest BCUT2D eigenvalue weighted by atomic mass is 32.2. The van der Waals surface area contributed by atoms with Crippen LogP contribution in [0.4, 0.5) is 5.69 Å². The van der Waals surface area contributed by atoms with Crippen LogP contribution < -0.4 is 4.74 Å². The lowest BCUT2D eigenvalue weighted by atomic mass is 9.94. The molecule has 1 saturated carbocycles. The number of thioether (sulfide) groups is 1. The average Bonchev–Trinajstić information content (AvgIpc) is 3.19. The monoisotopic (exact) mass is 470 g/mol. The van der Waals surface area contributed by atoms with Crippen molar-refractivity contribution >= 4 is 45.4 Å². The average molecular weight is 471 g/mol. The molecule has 174 valence electrons. The number of para-hydroxylation sites is 1. The van der Waals surface area contributed by atoms with E-state index in [2.05, 4.69) is 31.2 Å². The van der Waals surface area contributed by atoms with Crippen molar-refractivity contribution in [3.05, 3.63) is 76.7 Å². The van der Waals surface area contributed by atoms with Gasteiger partial charge < -0.3 is 4.74 Å². The fourth-order valence-corrected chi connectivity index (χ4v) is 6.01. The topological polar surface area (TPSA) is 41.9 Å². The first-order valence-corrected chi connectivity index (χ1v) is 13.0. The predicted molar refractivity (Wildman–Crippen MR) is 143 cm³/mol. The normalized spacial score (nSPS) is 19.5. The molecule has 2 fully saturated rings. The molecular formula is C29H30N2O2S. The summed E-state index contributed by atoms with van der Waals surface area (Å²) in [5.41, 5.74) is 3.08. The fraction of sp³-hybridized carbons (Fsp3) is 0.310. The van der Waals surface area contributed by atoms with Crippen molar-refractivity contribution in [2.75, 3.05) is 7.11 Å². The van der Waals surface area contributed by atoms with Gasteiger partial charge in [-0.25, -0.2) is 4.99 Å². The Morgan fingerprint density at radius 2 is 1.79 bits per heavy atom. The molecule has 0 aromatic heterocycles. The quantitative estimate of drug-likeness (QED) is 0.366. The van der Waals surface area contributed by atoms with Crippen LogP contribution in [0.2, 0.25) is 0 Å². The zero-order chi connectivity index (χ0) is 23.5. The highest BCUT2D eigenvalue weighted by molar-refractivity contribution is 8.18. The van der Waals surface area contributed by atoms with Gasteiger partial charge >= 0.3 is 0 Å². The van der Waals surface area contributed by atoms with E-state index in [1.807, 2.05) is 47.4 Å². The lowest BCUT2D eigenvalue weighted by Gasteiger charge is -2.30. The van der Waals surface area contributed by atoms with Crippen LogP contribution in [0, 0.1) is 0 Å². The maximum absolute atomic E-state index is 13.8. The van der Waals surface area contributed by atoms with Gasteiger partial charge in [-0.2, -0.15) is 0 Å². The third-order valence-electron chi connectivity index (χ3n) is 6.79. The summed E-state index contributed by atoms with van der Waals surface area (Å²) in [4.78, 5) is 21.5. The number of amidine groups is 1. The van der Waals surface area contributed by atoms with E-state index in [0.29, 0.717) is 4.91 Å². The Hall–Kier alpha value is -3.05. The van der Waals surface area contributed by atoms with E-state index in [4.69, 9.17) is 9.73 Å². The molecule has 0 atom stereocenters. The lowest BCUT2D eigenvalue weighted by Crippen LogP contribution is -2.40. The summed E-state index contributed by atoms with van der Waals surface area (Å²) in [6, 6.07) is 20.7. The molecule has 2 aliphatic rings. The SMILES string of the molecule is CCc1ccccc1N=C1S/C(=C/c2c(OC)ccc3ccccc23)C(=O)N1C1CCCCC1. The largest absolute Gasteiger partial charge is 0.496 e. The van der Waals surface area contributed by atoms with E-state index >= 15 is 0 Å². The number of carbonyl (C=O) groups is 1. The molecule has 3 aromatic rings. The molecular weight excluding hydrogens is 440 g/mol.